The molecule has 2 heterocycles. The summed E-state index contributed by atoms with van der Waals surface area (Å²) in [5.74, 6) is -1.90. The number of aryl methyl sites for hydroxylation is 1. The van der Waals surface area contributed by atoms with Gasteiger partial charge < -0.3 is 10.6 Å². The van der Waals surface area contributed by atoms with Gasteiger partial charge in [-0.2, -0.15) is 31.4 Å². The molecule has 0 radical (unpaired) electrons. The van der Waals surface area contributed by atoms with Crippen LogP contribution in [0.4, 0.5) is 42.6 Å². The van der Waals surface area contributed by atoms with E-state index in [9.17, 15) is 35.9 Å². The lowest BCUT2D eigenvalue weighted by Crippen LogP contribution is -2.34. The van der Waals surface area contributed by atoms with Crippen LogP contribution in [-0.2, 0) is 17.8 Å². The van der Waals surface area contributed by atoms with Gasteiger partial charge in [-0.3, -0.25) is 10.1 Å². The molecule has 1 aromatic heterocycles. The van der Waals surface area contributed by atoms with E-state index < -0.39 is 46.8 Å². The van der Waals surface area contributed by atoms with E-state index in [2.05, 4.69) is 16.0 Å². The molecular weight excluding hydrogens is 648 g/mol. The standard InChI is InChI=1S/C36H37F6N5O2/c1-21-8-10-28(11-9-21)47-30(20-29(46-47)34(2,3)4)45-33(49)44-27-7-5-6-23(18-27)31(22-12-14-43-15-13-22)32(48)24-16-25(35(37,38)39)19-26(17-24)36(40,41)42/h5-11,16-20,22,31,43H,12-15H2,1-4H3,(H2,44,45,49). The average molecular weight is 686 g/mol. The molecule has 1 fully saturated rings. The minimum atomic E-state index is -5.10. The van der Waals surface area contributed by atoms with Gasteiger partial charge in [0.05, 0.1) is 28.4 Å². The molecule has 1 aliphatic rings. The number of hydrogen-bond donors (Lipinski definition) is 3. The number of rotatable bonds is 7. The Kier molecular flexibility index (Phi) is 9.96. The molecule has 0 bridgehead atoms. The maximum Gasteiger partial charge on any atom is 0.416 e. The third-order valence-electron chi connectivity index (χ3n) is 8.51. The van der Waals surface area contributed by atoms with Crippen molar-refractivity contribution in [2.45, 2.75) is 64.2 Å². The predicted octanol–water partition coefficient (Wildman–Crippen LogP) is 9.13. The zero-order valence-corrected chi connectivity index (χ0v) is 27.4. The molecule has 260 valence electrons. The Morgan fingerprint density at radius 2 is 1.45 bits per heavy atom. The number of benzene rings is 3. The van der Waals surface area contributed by atoms with Gasteiger partial charge in [0.2, 0.25) is 0 Å². The van der Waals surface area contributed by atoms with E-state index in [1.165, 1.54) is 6.07 Å². The number of urea groups is 1. The fourth-order valence-electron chi connectivity index (χ4n) is 5.90. The second-order valence-electron chi connectivity index (χ2n) is 13.3. The summed E-state index contributed by atoms with van der Waals surface area (Å²) in [4.78, 5) is 27.3. The van der Waals surface area contributed by atoms with Crippen LogP contribution in [0.5, 0.6) is 0 Å². The van der Waals surface area contributed by atoms with Gasteiger partial charge in [0.25, 0.3) is 0 Å². The van der Waals surface area contributed by atoms with Crippen molar-refractivity contribution in [3.63, 3.8) is 0 Å². The van der Waals surface area contributed by atoms with E-state index in [1.54, 1.807) is 28.9 Å². The topological polar surface area (TPSA) is 88.1 Å². The van der Waals surface area contributed by atoms with Gasteiger partial charge >= 0.3 is 18.4 Å². The number of amides is 2. The van der Waals surface area contributed by atoms with Crippen LogP contribution in [-0.4, -0.2) is 34.7 Å². The molecule has 3 aromatic carbocycles. The number of aromatic nitrogens is 2. The molecule has 5 rings (SSSR count). The molecule has 2 amide bonds. The molecule has 1 saturated heterocycles. The maximum atomic E-state index is 14.0. The number of carbonyl (C=O) groups is 2. The second-order valence-corrected chi connectivity index (χ2v) is 13.3. The van der Waals surface area contributed by atoms with E-state index in [4.69, 9.17) is 5.10 Å². The monoisotopic (exact) mass is 685 g/mol. The normalized spacial score (nSPS) is 15.1. The summed E-state index contributed by atoms with van der Waals surface area (Å²) < 4.78 is 83.6. The molecule has 4 aromatic rings. The van der Waals surface area contributed by atoms with E-state index in [0.717, 1.165) is 16.9 Å². The highest BCUT2D eigenvalue weighted by atomic mass is 19.4. The van der Waals surface area contributed by atoms with Crippen molar-refractivity contribution in [3.8, 4) is 5.69 Å². The number of hydrogen-bond acceptors (Lipinski definition) is 4. The summed E-state index contributed by atoms with van der Waals surface area (Å²) in [6, 6.07) is 16.0. The lowest BCUT2D eigenvalue weighted by molar-refractivity contribution is -0.143. The van der Waals surface area contributed by atoms with Gasteiger partial charge in [-0.25, -0.2) is 9.48 Å². The number of alkyl halides is 6. The number of ketones is 1. The molecule has 0 spiro atoms. The molecule has 1 aliphatic heterocycles. The molecule has 7 nitrogen and oxygen atoms in total. The number of anilines is 2. The zero-order valence-electron chi connectivity index (χ0n) is 27.4. The van der Waals surface area contributed by atoms with Crippen LogP contribution < -0.4 is 16.0 Å². The maximum absolute atomic E-state index is 14.0. The number of piperidine rings is 1. The van der Waals surface area contributed by atoms with Crippen LogP contribution in [0.1, 0.15) is 77.8 Å². The van der Waals surface area contributed by atoms with Crippen LogP contribution in [0.25, 0.3) is 5.69 Å². The number of nitrogens with one attached hydrogen (secondary N) is 3. The van der Waals surface area contributed by atoms with Crippen molar-refractivity contribution in [1.29, 1.82) is 0 Å². The molecule has 0 aliphatic carbocycles. The van der Waals surface area contributed by atoms with Crippen molar-refractivity contribution in [1.82, 2.24) is 15.1 Å². The Bertz CT molecular complexity index is 1790. The molecule has 13 heteroatoms. The summed E-state index contributed by atoms with van der Waals surface area (Å²) in [6.45, 7) is 8.98. The van der Waals surface area contributed by atoms with Crippen LogP contribution in [0.3, 0.4) is 0 Å². The number of Topliss-reactive ketones (excluding diaryl/α,β-unsaturated/α-hetero) is 1. The molecular formula is C36H37F6N5O2. The molecule has 1 unspecified atom stereocenters. The van der Waals surface area contributed by atoms with Crippen molar-refractivity contribution in [2.75, 3.05) is 23.7 Å². The third-order valence-corrected chi connectivity index (χ3v) is 8.51. The van der Waals surface area contributed by atoms with Crippen LogP contribution in [0.2, 0.25) is 0 Å². The zero-order chi connectivity index (χ0) is 35.7. The molecule has 49 heavy (non-hydrogen) atoms. The largest absolute Gasteiger partial charge is 0.416 e. The molecule has 3 N–H and O–H groups in total. The lowest BCUT2D eigenvalue weighted by atomic mass is 9.76. The first-order valence-corrected chi connectivity index (χ1v) is 15.8. The van der Waals surface area contributed by atoms with Crippen LogP contribution in [0.15, 0.2) is 72.8 Å². The fraction of sp³-hybridized carbons (Fsp3) is 0.361. The van der Waals surface area contributed by atoms with Crippen molar-refractivity contribution in [3.05, 3.63) is 106 Å². The summed E-state index contributed by atoms with van der Waals surface area (Å²) in [6.07, 6.45) is -9.25. The van der Waals surface area contributed by atoms with Gasteiger partial charge in [0.1, 0.15) is 5.82 Å². The smallest absolute Gasteiger partial charge is 0.317 e. The van der Waals surface area contributed by atoms with E-state index >= 15 is 0 Å². The Morgan fingerprint density at radius 3 is 2.02 bits per heavy atom. The van der Waals surface area contributed by atoms with Crippen molar-refractivity contribution >= 4 is 23.3 Å². The first-order chi connectivity index (χ1) is 22.9. The summed E-state index contributed by atoms with van der Waals surface area (Å²) in [5, 5.41) is 13.5. The number of halogens is 6. The fourth-order valence-corrected chi connectivity index (χ4v) is 5.90. The predicted molar refractivity (Wildman–Crippen MR) is 175 cm³/mol. The summed E-state index contributed by atoms with van der Waals surface area (Å²) in [5.41, 5.74) is -0.965. The van der Waals surface area contributed by atoms with Crippen molar-refractivity contribution < 1.29 is 35.9 Å². The van der Waals surface area contributed by atoms with Gasteiger partial charge in [-0.15, -0.1) is 0 Å². The number of nitrogens with zero attached hydrogens (tertiary/aromatic N) is 2. The highest BCUT2D eigenvalue weighted by Gasteiger charge is 2.39. The van der Waals surface area contributed by atoms with E-state index in [0.29, 0.717) is 49.4 Å². The first kappa shape index (κ1) is 35.7. The van der Waals surface area contributed by atoms with E-state index in [-0.39, 0.29) is 23.1 Å². The Balaban J connectivity index is 1.46. The minimum Gasteiger partial charge on any atom is -0.317 e. The van der Waals surface area contributed by atoms with E-state index in [1.807, 2.05) is 52.0 Å². The summed E-state index contributed by atoms with van der Waals surface area (Å²) >= 11 is 0. The first-order valence-electron chi connectivity index (χ1n) is 15.8. The molecule has 1 atom stereocenters. The second kappa shape index (κ2) is 13.7. The highest BCUT2D eigenvalue weighted by molar-refractivity contribution is 6.02. The van der Waals surface area contributed by atoms with Crippen LogP contribution >= 0.6 is 0 Å². The van der Waals surface area contributed by atoms with Gasteiger partial charge in [0, 0.05) is 22.7 Å². The van der Waals surface area contributed by atoms with Gasteiger partial charge in [-0.05, 0) is 86.8 Å². The van der Waals surface area contributed by atoms with Crippen molar-refractivity contribution in [2.24, 2.45) is 5.92 Å². The average Bonchev–Trinajstić information content (AvgIpc) is 3.45. The number of carbonyl (C=O) groups excluding carboxylic acids is 2. The Labute approximate surface area is 280 Å². The quantitative estimate of drug-likeness (QED) is 0.134. The molecule has 0 saturated carbocycles. The highest BCUT2D eigenvalue weighted by Crippen LogP contribution is 2.40. The van der Waals surface area contributed by atoms with Crippen LogP contribution in [0, 0.1) is 12.8 Å². The minimum absolute atomic E-state index is 0.00863. The Morgan fingerprint density at radius 1 is 0.837 bits per heavy atom. The third kappa shape index (κ3) is 8.51. The van der Waals surface area contributed by atoms with Gasteiger partial charge in [-0.1, -0.05) is 50.6 Å². The SMILES string of the molecule is Cc1ccc(-n2nc(C(C)(C)C)cc2NC(=O)Nc2cccc(C(C(=O)c3cc(C(F)(F)F)cc(C(F)(F)F)c3)C3CCNCC3)c2)cc1. The summed E-state index contributed by atoms with van der Waals surface area (Å²) in [7, 11) is 0. The lowest BCUT2D eigenvalue weighted by Gasteiger charge is -2.31. The Hall–Kier alpha value is -4.65. The van der Waals surface area contributed by atoms with Gasteiger partial charge in [0.15, 0.2) is 5.78 Å².